The predicted octanol–water partition coefficient (Wildman–Crippen LogP) is 4.48. The van der Waals surface area contributed by atoms with Gasteiger partial charge in [-0.2, -0.15) is 0 Å². The first-order chi connectivity index (χ1) is 16.7. The number of carbonyl (C=O) groups is 1. The maximum Gasteiger partial charge on any atom is 0.264 e. The van der Waals surface area contributed by atoms with Gasteiger partial charge < -0.3 is 14.8 Å². The molecule has 0 aromatic heterocycles. The summed E-state index contributed by atoms with van der Waals surface area (Å²) in [6.45, 7) is 7.89. The van der Waals surface area contributed by atoms with Crippen LogP contribution in [-0.2, 0) is 14.8 Å². The fourth-order valence-electron chi connectivity index (χ4n) is 3.45. The van der Waals surface area contributed by atoms with Crippen LogP contribution >= 0.6 is 0 Å². The molecular formula is C27H32N2O5S. The Morgan fingerprint density at radius 1 is 0.943 bits per heavy atom. The van der Waals surface area contributed by atoms with Crippen LogP contribution in [0.15, 0.2) is 77.7 Å². The molecule has 8 heteroatoms. The molecule has 1 amide bonds. The van der Waals surface area contributed by atoms with Gasteiger partial charge in [0.05, 0.1) is 23.2 Å². The number of ether oxygens (including phenoxy) is 2. The molecule has 1 unspecified atom stereocenters. The van der Waals surface area contributed by atoms with E-state index in [1.807, 2.05) is 52.0 Å². The van der Waals surface area contributed by atoms with Crippen molar-refractivity contribution in [2.24, 2.45) is 0 Å². The molecule has 1 atom stereocenters. The average Bonchev–Trinajstić information content (AvgIpc) is 2.83. The van der Waals surface area contributed by atoms with Crippen molar-refractivity contribution in [3.63, 3.8) is 0 Å². The van der Waals surface area contributed by atoms with E-state index in [1.165, 1.54) is 0 Å². The third kappa shape index (κ3) is 6.99. The van der Waals surface area contributed by atoms with Gasteiger partial charge in [-0.1, -0.05) is 35.9 Å². The summed E-state index contributed by atoms with van der Waals surface area (Å²) < 4.78 is 39.4. The molecule has 3 rings (SSSR count). The third-order valence-electron chi connectivity index (χ3n) is 5.32. The first-order valence-corrected chi connectivity index (χ1v) is 12.9. The Labute approximate surface area is 207 Å². The lowest BCUT2D eigenvalue weighted by atomic mass is 10.2. The Morgan fingerprint density at radius 2 is 1.60 bits per heavy atom. The molecular weight excluding hydrogens is 464 g/mol. The molecule has 1 N–H and O–H groups in total. The van der Waals surface area contributed by atoms with Crippen LogP contribution in [0.3, 0.4) is 0 Å². The smallest absolute Gasteiger partial charge is 0.264 e. The van der Waals surface area contributed by atoms with Gasteiger partial charge in [0.15, 0.2) is 0 Å². The zero-order valence-corrected chi connectivity index (χ0v) is 21.3. The van der Waals surface area contributed by atoms with E-state index in [-0.39, 0.29) is 24.1 Å². The van der Waals surface area contributed by atoms with Gasteiger partial charge in [-0.25, -0.2) is 8.42 Å². The molecule has 186 valence electrons. The molecule has 3 aromatic carbocycles. The third-order valence-corrected chi connectivity index (χ3v) is 7.11. The number of nitrogens with zero attached hydrogens (tertiary/aromatic N) is 1. The molecule has 35 heavy (non-hydrogen) atoms. The number of benzene rings is 3. The lowest BCUT2D eigenvalue weighted by molar-refractivity contribution is -0.120. The Hall–Kier alpha value is -3.52. The highest BCUT2D eigenvalue weighted by Gasteiger charge is 2.27. The molecule has 0 saturated carbocycles. The number of carbonyl (C=O) groups excluding carboxylic acids is 1. The SMILES string of the molecule is CCOc1ccc(N(CC(=O)NC(C)COc2ccccc2C)S(=O)(=O)c2ccc(C)cc2)cc1. The monoisotopic (exact) mass is 496 g/mol. The zero-order chi connectivity index (χ0) is 25.4. The summed E-state index contributed by atoms with van der Waals surface area (Å²) in [5.41, 5.74) is 2.31. The van der Waals surface area contributed by atoms with Crippen LogP contribution in [-0.4, -0.2) is 40.1 Å². The number of sulfonamides is 1. The Bertz CT molecular complexity index is 1230. The number of hydrogen-bond donors (Lipinski definition) is 1. The number of rotatable bonds is 11. The van der Waals surface area contributed by atoms with Crippen LogP contribution in [0.5, 0.6) is 11.5 Å². The summed E-state index contributed by atoms with van der Waals surface area (Å²) in [5, 5.41) is 2.84. The molecule has 0 heterocycles. The van der Waals surface area contributed by atoms with E-state index < -0.39 is 15.9 Å². The van der Waals surface area contributed by atoms with E-state index in [9.17, 15) is 13.2 Å². The second-order valence-corrected chi connectivity index (χ2v) is 10.2. The minimum absolute atomic E-state index is 0.112. The van der Waals surface area contributed by atoms with Gasteiger partial charge in [0, 0.05) is 0 Å². The van der Waals surface area contributed by atoms with Crippen molar-refractivity contribution >= 4 is 21.6 Å². The van der Waals surface area contributed by atoms with Crippen molar-refractivity contribution in [2.75, 3.05) is 24.1 Å². The Kier molecular flexibility index (Phi) is 8.76. The van der Waals surface area contributed by atoms with Crippen molar-refractivity contribution in [2.45, 2.75) is 38.6 Å². The summed E-state index contributed by atoms with van der Waals surface area (Å²) in [4.78, 5) is 13.0. The van der Waals surface area contributed by atoms with Gasteiger partial charge in [0.2, 0.25) is 5.91 Å². The number of amides is 1. The zero-order valence-electron chi connectivity index (χ0n) is 20.5. The van der Waals surface area contributed by atoms with Crippen LogP contribution < -0.4 is 19.1 Å². The van der Waals surface area contributed by atoms with Gasteiger partial charge in [-0.15, -0.1) is 0 Å². The molecule has 0 bridgehead atoms. The fourth-order valence-corrected chi connectivity index (χ4v) is 4.87. The lowest BCUT2D eigenvalue weighted by Crippen LogP contribution is -2.45. The van der Waals surface area contributed by atoms with Crippen LogP contribution in [0.4, 0.5) is 5.69 Å². The molecule has 3 aromatic rings. The second kappa shape index (κ2) is 11.8. The molecule has 7 nitrogen and oxygen atoms in total. The van der Waals surface area contributed by atoms with E-state index in [1.54, 1.807) is 48.5 Å². The summed E-state index contributed by atoms with van der Waals surface area (Å²) in [7, 11) is -3.99. The number of anilines is 1. The lowest BCUT2D eigenvalue weighted by Gasteiger charge is -2.25. The van der Waals surface area contributed by atoms with Gasteiger partial charge in [0.1, 0.15) is 24.7 Å². The molecule has 0 aliphatic carbocycles. The first-order valence-electron chi connectivity index (χ1n) is 11.5. The molecule has 0 saturated heterocycles. The first kappa shape index (κ1) is 26.1. The van der Waals surface area contributed by atoms with Gasteiger partial charge >= 0.3 is 0 Å². The highest BCUT2D eigenvalue weighted by Crippen LogP contribution is 2.26. The highest BCUT2D eigenvalue weighted by atomic mass is 32.2. The normalized spacial score (nSPS) is 12.0. The van der Waals surface area contributed by atoms with E-state index in [0.717, 1.165) is 21.2 Å². The summed E-state index contributed by atoms with van der Waals surface area (Å²) >= 11 is 0. The Balaban J connectivity index is 1.77. The number of para-hydroxylation sites is 1. The molecule has 0 aliphatic rings. The van der Waals surface area contributed by atoms with Gasteiger partial charge in [0.25, 0.3) is 10.0 Å². The van der Waals surface area contributed by atoms with E-state index in [0.29, 0.717) is 18.0 Å². The predicted molar refractivity (Wildman–Crippen MR) is 138 cm³/mol. The van der Waals surface area contributed by atoms with Crippen LogP contribution in [0.1, 0.15) is 25.0 Å². The standard InChI is InChI=1S/C27H32N2O5S/c1-5-33-24-14-12-23(13-15-24)29(35(31,32)25-16-10-20(2)11-17-25)18-27(30)28-22(4)19-34-26-9-7-6-8-21(26)3/h6-17,22H,5,18-19H2,1-4H3,(H,28,30). The summed E-state index contributed by atoms with van der Waals surface area (Å²) in [6.07, 6.45) is 0. The van der Waals surface area contributed by atoms with Crippen molar-refractivity contribution < 1.29 is 22.7 Å². The largest absolute Gasteiger partial charge is 0.494 e. The maximum absolute atomic E-state index is 13.5. The van der Waals surface area contributed by atoms with E-state index in [2.05, 4.69) is 5.32 Å². The quantitative estimate of drug-likeness (QED) is 0.423. The summed E-state index contributed by atoms with van der Waals surface area (Å²) in [5.74, 6) is 0.928. The van der Waals surface area contributed by atoms with Gasteiger partial charge in [-0.05, 0) is 75.7 Å². The minimum Gasteiger partial charge on any atom is -0.494 e. The van der Waals surface area contributed by atoms with Crippen molar-refractivity contribution in [1.29, 1.82) is 0 Å². The maximum atomic E-state index is 13.5. The fraction of sp³-hybridized carbons (Fsp3) is 0.296. The number of hydrogen-bond acceptors (Lipinski definition) is 5. The van der Waals surface area contributed by atoms with Crippen LogP contribution in [0.2, 0.25) is 0 Å². The molecule has 0 aliphatic heterocycles. The number of aryl methyl sites for hydroxylation is 2. The summed E-state index contributed by atoms with van der Waals surface area (Å²) in [6, 6.07) is 20.5. The van der Waals surface area contributed by atoms with E-state index in [4.69, 9.17) is 9.47 Å². The Morgan fingerprint density at radius 3 is 2.23 bits per heavy atom. The van der Waals surface area contributed by atoms with Crippen LogP contribution in [0, 0.1) is 13.8 Å². The topological polar surface area (TPSA) is 84.9 Å². The highest BCUT2D eigenvalue weighted by molar-refractivity contribution is 7.92. The molecule has 0 radical (unpaired) electrons. The van der Waals surface area contributed by atoms with Crippen LogP contribution in [0.25, 0.3) is 0 Å². The number of nitrogens with one attached hydrogen (secondary N) is 1. The molecule has 0 fully saturated rings. The average molecular weight is 497 g/mol. The van der Waals surface area contributed by atoms with Gasteiger partial charge in [-0.3, -0.25) is 9.10 Å². The second-order valence-electron chi connectivity index (χ2n) is 8.30. The minimum atomic E-state index is -3.99. The van der Waals surface area contributed by atoms with Crippen molar-refractivity contribution in [3.8, 4) is 11.5 Å². The van der Waals surface area contributed by atoms with Crippen molar-refractivity contribution in [1.82, 2.24) is 5.32 Å². The van der Waals surface area contributed by atoms with E-state index >= 15 is 0 Å². The van der Waals surface area contributed by atoms with Crippen molar-refractivity contribution in [3.05, 3.63) is 83.9 Å². The molecule has 0 spiro atoms.